The zero-order valence-electron chi connectivity index (χ0n) is 39.8. The minimum absolute atomic E-state index is 0.192. The number of rotatable bonds is 10. The second kappa shape index (κ2) is 18.2. The van der Waals surface area contributed by atoms with Crippen molar-refractivity contribution in [3.05, 3.63) is 215 Å². The number of aliphatic imine (C=N–C) groups is 4. The fourth-order valence-electron chi connectivity index (χ4n) is 9.79. The summed E-state index contributed by atoms with van der Waals surface area (Å²) in [6.45, 7) is 0. The van der Waals surface area contributed by atoms with E-state index in [1.807, 2.05) is 114 Å². The summed E-state index contributed by atoms with van der Waals surface area (Å²) in [7, 11) is -0.745. The van der Waals surface area contributed by atoms with E-state index in [-0.39, 0.29) is 56.1 Å². The first-order valence-electron chi connectivity index (χ1n) is 23.8. The molecular weight excluding hydrogens is 1160 g/mol. The minimum atomic E-state index is -4.50. The van der Waals surface area contributed by atoms with Crippen molar-refractivity contribution >= 4 is 106 Å². The summed E-state index contributed by atoms with van der Waals surface area (Å²) in [6, 6.07) is 51.4. The van der Waals surface area contributed by atoms with Crippen LogP contribution in [0, 0.1) is 0 Å². The molecule has 2 aromatic heterocycles. The number of ether oxygens (including phenoxy) is 4. The van der Waals surface area contributed by atoms with Crippen molar-refractivity contribution in [1.29, 1.82) is 0 Å². The molecule has 6 bridgehead atoms. The van der Waals surface area contributed by atoms with Crippen LogP contribution < -0.4 is 29.9 Å². The third-order valence-electron chi connectivity index (χ3n) is 13.2. The molecule has 4 aliphatic rings. The van der Waals surface area contributed by atoms with Crippen molar-refractivity contribution in [3.8, 4) is 46.0 Å². The van der Waals surface area contributed by atoms with Crippen LogP contribution in [0.25, 0.3) is 21.5 Å². The molecule has 0 radical (unpaired) electrons. The Labute approximate surface area is 453 Å². The van der Waals surface area contributed by atoms with E-state index in [0.717, 1.165) is 0 Å². The Kier molecular flexibility index (Phi) is 11.1. The van der Waals surface area contributed by atoms with Crippen molar-refractivity contribution in [2.24, 2.45) is 30.0 Å². The van der Waals surface area contributed by atoms with Gasteiger partial charge in [-0.15, -0.1) is 0 Å². The summed E-state index contributed by atoms with van der Waals surface area (Å²) in [6.07, 6.45) is 0. The Hall–Kier alpha value is -8.70. The molecule has 78 heavy (non-hydrogen) atoms. The van der Waals surface area contributed by atoms with Crippen molar-refractivity contribution < 1.29 is 44.9 Å². The summed E-state index contributed by atoms with van der Waals surface area (Å²) in [5.74, 6) is 4.53. The number of amidine groups is 4. The quantitative estimate of drug-likeness (QED) is 0.123. The topological polar surface area (TPSA) is 230 Å². The van der Waals surface area contributed by atoms with Crippen LogP contribution in [-0.4, -0.2) is 75.2 Å². The van der Waals surface area contributed by atoms with E-state index in [9.17, 15) is 25.9 Å². The number of hydrogen-bond donors (Lipinski definition) is 2. The summed E-state index contributed by atoms with van der Waals surface area (Å²) >= 11 is -4.36. The van der Waals surface area contributed by atoms with Crippen molar-refractivity contribution in [2.75, 3.05) is 0 Å². The number of halogens is 1. The van der Waals surface area contributed by atoms with E-state index >= 15 is 0 Å². The van der Waals surface area contributed by atoms with E-state index in [1.165, 1.54) is 48.5 Å². The Balaban J connectivity index is 1.07. The average molecular weight is 1190 g/mol. The van der Waals surface area contributed by atoms with Gasteiger partial charge in [-0.05, 0) is 0 Å². The Morgan fingerprint density at radius 1 is 0.359 bits per heavy atom. The van der Waals surface area contributed by atoms with Crippen LogP contribution in [0.1, 0.15) is 22.3 Å². The van der Waals surface area contributed by atoms with Crippen LogP contribution in [0.15, 0.2) is 222 Å². The van der Waals surface area contributed by atoms with Gasteiger partial charge < -0.3 is 0 Å². The molecule has 22 heteroatoms. The third kappa shape index (κ3) is 8.08. The van der Waals surface area contributed by atoms with Crippen LogP contribution in [0.5, 0.6) is 46.0 Å². The van der Waals surface area contributed by atoms with E-state index in [4.69, 9.17) is 57.5 Å². The Morgan fingerprint density at radius 3 is 1.01 bits per heavy atom. The standard InChI is InChI=1S/C56H32N8O10S2.ClH.In/c65-75(66,67)35-23-19-33(20-24-35)73-43-29-27-41(71-31-11-3-1-4-12-31)45-47(43)55-61-51-39-17-9-10-18-40(39)52(58-51)62-56-48-44(74-34-21-25-36(26-22-34)76(68,69)70)30-28-42(72-32-13-5-2-6-14-32)46(48)54(64-56)60-50-38-16-8-7-15-37(38)49(57-50)59-53(45)63-55;;/h1-30H,(H2-2,57,58,59,60,61,62,63,64,65,66,67,68,69,70);1H;/q-2;;+3/p-1. The molecule has 0 fully saturated rings. The molecule has 14 rings (SSSR count). The molecule has 0 aliphatic carbocycles. The fourth-order valence-corrected chi connectivity index (χ4v) is 18.4. The summed E-state index contributed by atoms with van der Waals surface area (Å²) in [4.78, 5) is 31.6. The monoisotopic (exact) mass is 1190 g/mol. The van der Waals surface area contributed by atoms with Crippen molar-refractivity contribution in [1.82, 2.24) is 5.11 Å². The molecular formula is C56H32ClInN8O10S2. The van der Waals surface area contributed by atoms with Crippen LogP contribution in [0.4, 0.5) is 11.6 Å². The normalized spacial score (nSPS) is 14.0. The molecule has 378 valence electrons. The molecule has 10 aromatic rings. The van der Waals surface area contributed by atoms with Crippen molar-refractivity contribution in [3.63, 3.8) is 0 Å². The number of fused-ring (bicyclic) bond motifs is 14. The summed E-state index contributed by atoms with van der Waals surface area (Å²) < 4.78 is 98.0. The molecule has 6 heterocycles. The van der Waals surface area contributed by atoms with Gasteiger partial charge in [0.05, 0.1) is 0 Å². The summed E-state index contributed by atoms with van der Waals surface area (Å²) in [5, 5.41) is 2.72. The number of hydrogen-bond acceptors (Lipinski definition) is 14. The second-order valence-corrected chi connectivity index (χ2v) is 28.1. The van der Waals surface area contributed by atoms with E-state index in [1.54, 1.807) is 24.3 Å². The molecule has 0 saturated heterocycles. The second-order valence-electron chi connectivity index (χ2n) is 18.0. The van der Waals surface area contributed by atoms with Crippen LogP contribution in [-0.2, 0) is 20.2 Å². The van der Waals surface area contributed by atoms with Crippen LogP contribution in [0.3, 0.4) is 0 Å². The van der Waals surface area contributed by atoms with E-state index < -0.39 is 41.1 Å². The first-order valence-corrected chi connectivity index (χ1v) is 33.8. The number of benzene rings is 8. The molecule has 2 N–H and O–H groups in total. The maximum atomic E-state index is 12.0. The molecule has 4 aliphatic heterocycles. The van der Waals surface area contributed by atoms with Gasteiger partial charge in [0, 0.05) is 0 Å². The van der Waals surface area contributed by atoms with Gasteiger partial charge >= 0.3 is 431 Å². The molecule has 0 saturated carbocycles. The Bertz CT molecular complexity index is 4450. The van der Waals surface area contributed by atoms with Gasteiger partial charge in [-0.3, -0.25) is 9.11 Å². The zero-order valence-corrected chi connectivity index (χ0v) is 45.5. The van der Waals surface area contributed by atoms with Gasteiger partial charge in [-0.1, -0.05) is 0 Å². The molecule has 18 nitrogen and oxygen atoms in total. The average Bonchev–Trinajstić information content (AvgIpc) is 4.33. The van der Waals surface area contributed by atoms with Gasteiger partial charge in [-0.2, -0.15) is 16.8 Å². The maximum absolute atomic E-state index is 12.0. The third-order valence-corrected chi connectivity index (χ3v) is 22.8. The predicted octanol–water partition coefficient (Wildman–Crippen LogP) is 10.8. The molecule has 0 atom stereocenters. The van der Waals surface area contributed by atoms with Crippen LogP contribution in [0.2, 0.25) is 0 Å². The zero-order chi connectivity index (χ0) is 53.0. The van der Waals surface area contributed by atoms with Gasteiger partial charge in [-0.25, -0.2) is 0 Å². The first-order chi connectivity index (χ1) is 37.8. The van der Waals surface area contributed by atoms with E-state index in [2.05, 4.69) is 0 Å². The Morgan fingerprint density at radius 2 is 0.667 bits per heavy atom. The van der Waals surface area contributed by atoms with Crippen LogP contribution >= 0.6 is 8.58 Å². The van der Waals surface area contributed by atoms with E-state index in [0.29, 0.717) is 89.4 Å². The molecule has 0 unspecified atom stereocenters. The van der Waals surface area contributed by atoms with Gasteiger partial charge in [0.2, 0.25) is 0 Å². The molecule has 0 spiro atoms. The number of para-hydroxylation sites is 2. The molecule has 8 aromatic carbocycles. The summed E-state index contributed by atoms with van der Waals surface area (Å²) in [5.41, 5.74) is 2.57. The number of aromatic nitrogens is 2. The number of nitrogens with zero attached hydrogens (tertiary/aromatic N) is 8. The fraction of sp³-hybridized carbons (Fsp3) is 0. The van der Waals surface area contributed by atoms with Gasteiger partial charge in [0.15, 0.2) is 0 Å². The molecule has 0 amide bonds. The predicted molar refractivity (Wildman–Crippen MR) is 293 cm³/mol. The van der Waals surface area contributed by atoms with Gasteiger partial charge in [0.25, 0.3) is 0 Å². The van der Waals surface area contributed by atoms with Crippen molar-refractivity contribution in [2.45, 2.75) is 9.79 Å². The first kappa shape index (κ1) is 47.7. The SMILES string of the molecule is O=S(=O)(O)c1ccc(Oc2ccc(Oc3ccccc3)c3c2C2=Nc4c5ccccc5c5[n]4[In]([Cl])[n]4c(c6ccccc6c4=NC4=NC(=N5)c5c(Oc6ccc(S(=O)(=O)O)cc6)ccc(Oc6ccccc6)c54)=NC3=N2)cc1. The van der Waals surface area contributed by atoms with Gasteiger partial charge in [0.1, 0.15) is 0 Å².